The van der Waals surface area contributed by atoms with Gasteiger partial charge in [0.2, 0.25) is 0 Å². The van der Waals surface area contributed by atoms with Gasteiger partial charge in [-0.25, -0.2) is 0 Å². The van der Waals surface area contributed by atoms with Gasteiger partial charge in [-0.05, 0) is 23.6 Å². The zero-order valence-corrected chi connectivity index (χ0v) is 11.5. The van der Waals surface area contributed by atoms with E-state index < -0.39 is 0 Å². The van der Waals surface area contributed by atoms with E-state index in [0.29, 0.717) is 42.8 Å². The van der Waals surface area contributed by atoms with Crippen LogP contribution < -0.4 is 0 Å². The molecule has 0 N–H and O–H groups in total. The zero-order chi connectivity index (χ0) is 13.1. The second-order valence-electron chi connectivity index (χ2n) is 4.80. The molecule has 98 valence electrons. The van der Waals surface area contributed by atoms with Crippen molar-refractivity contribution in [3.05, 3.63) is 34.3 Å². The molecule has 1 heterocycles. The molecule has 0 aliphatic carbocycles. The summed E-state index contributed by atoms with van der Waals surface area (Å²) in [5.74, 6) is 0.411. The lowest BCUT2D eigenvalue weighted by Gasteiger charge is -2.27. The van der Waals surface area contributed by atoms with Crippen molar-refractivity contribution in [1.82, 2.24) is 4.90 Å². The lowest BCUT2D eigenvalue weighted by atomic mass is 10.0. The number of hydrogen-bond acceptors (Lipinski definition) is 2. The second kappa shape index (κ2) is 5.72. The lowest BCUT2D eigenvalue weighted by molar-refractivity contribution is 0.0303. The molecule has 0 radical (unpaired) electrons. The molecule has 0 spiro atoms. The van der Waals surface area contributed by atoms with Crippen LogP contribution in [0, 0.1) is 0 Å². The van der Waals surface area contributed by atoms with Crippen molar-refractivity contribution in [3.63, 3.8) is 0 Å². The Labute approximate surface area is 113 Å². The summed E-state index contributed by atoms with van der Waals surface area (Å²) in [4.78, 5) is 14.1. The molecule has 1 aromatic rings. The summed E-state index contributed by atoms with van der Waals surface area (Å²) in [5.41, 5.74) is 1.74. The predicted molar refractivity (Wildman–Crippen MR) is 72.3 cm³/mol. The minimum absolute atomic E-state index is 0.00129. The molecule has 2 rings (SSSR count). The summed E-state index contributed by atoms with van der Waals surface area (Å²) in [5, 5.41) is 0.540. The van der Waals surface area contributed by atoms with Gasteiger partial charge in [0.05, 0.1) is 23.8 Å². The summed E-state index contributed by atoms with van der Waals surface area (Å²) >= 11 is 6.21. The fourth-order valence-corrected chi connectivity index (χ4v) is 2.27. The van der Waals surface area contributed by atoms with Crippen LogP contribution in [0.4, 0.5) is 0 Å². The van der Waals surface area contributed by atoms with Crippen LogP contribution in [0.2, 0.25) is 5.02 Å². The Kier molecular flexibility index (Phi) is 4.25. The number of rotatable bonds is 2. The van der Waals surface area contributed by atoms with Crippen LogP contribution in [-0.4, -0.2) is 37.1 Å². The molecule has 1 amide bonds. The number of hydrogen-bond donors (Lipinski definition) is 0. The number of halogens is 1. The fraction of sp³-hybridized carbons (Fsp3) is 0.500. The van der Waals surface area contributed by atoms with Crippen molar-refractivity contribution in [3.8, 4) is 0 Å². The van der Waals surface area contributed by atoms with Crippen molar-refractivity contribution < 1.29 is 9.53 Å². The van der Waals surface area contributed by atoms with E-state index in [0.717, 1.165) is 5.56 Å². The van der Waals surface area contributed by atoms with Gasteiger partial charge in [-0.3, -0.25) is 4.79 Å². The van der Waals surface area contributed by atoms with E-state index in [1.54, 1.807) is 4.90 Å². The van der Waals surface area contributed by atoms with Crippen LogP contribution in [-0.2, 0) is 4.74 Å². The molecule has 0 bridgehead atoms. The predicted octanol–water partition coefficient (Wildman–Crippen LogP) is 2.94. The molecular weight excluding hydrogens is 250 g/mol. The normalized spacial score (nSPS) is 16.1. The van der Waals surface area contributed by atoms with E-state index in [-0.39, 0.29) is 5.91 Å². The molecule has 0 aromatic heterocycles. The molecule has 0 saturated carbocycles. The number of ether oxygens (including phenoxy) is 1. The lowest BCUT2D eigenvalue weighted by Crippen LogP contribution is -2.40. The number of amides is 1. The third kappa shape index (κ3) is 2.85. The summed E-state index contributed by atoms with van der Waals surface area (Å²) < 4.78 is 5.24. The van der Waals surface area contributed by atoms with E-state index in [1.165, 1.54) is 0 Å². The van der Waals surface area contributed by atoms with Crippen molar-refractivity contribution in [2.45, 2.75) is 19.8 Å². The first kappa shape index (κ1) is 13.4. The summed E-state index contributed by atoms with van der Waals surface area (Å²) in [6.07, 6.45) is 0. The summed E-state index contributed by atoms with van der Waals surface area (Å²) in [6, 6.07) is 5.69. The number of morpholine rings is 1. The second-order valence-corrected chi connectivity index (χ2v) is 5.21. The topological polar surface area (TPSA) is 29.5 Å². The van der Waals surface area contributed by atoms with E-state index >= 15 is 0 Å². The Morgan fingerprint density at radius 1 is 1.33 bits per heavy atom. The van der Waals surface area contributed by atoms with Crippen LogP contribution >= 0.6 is 11.6 Å². The Bertz CT molecular complexity index is 439. The maximum Gasteiger partial charge on any atom is 0.255 e. The quantitative estimate of drug-likeness (QED) is 0.825. The largest absolute Gasteiger partial charge is 0.378 e. The SMILES string of the molecule is CC(C)c1ccc(C(=O)N2CCOCC2)c(Cl)c1. The zero-order valence-electron chi connectivity index (χ0n) is 10.8. The third-order valence-electron chi connectivity index (χ3n) is 3.19. The van der Waals surface area contributed by atoms with Crippen molar-refractivity contribution in [1.29, 1.82) is 0 Å². The standard InChI is InChI=1S/C14H18ClNO2/c1-10(2)11-3-4-12(13(15)9-11)14(17)16-5-7-18-8-6-16/h3-4,9-10H,5-8H2,1-2H3. The average Bonchev–Trinajstić information content (AvgIpc) is 2.38. The van der Waals surface area contributed by atoms with Crippen molar-refractivity contribution in [2.24, 2.45) is 0 Å². The monoisotopic (exact) mass is 267 g/mol. The van der Waals surface area contributed by atoms with Gasteiger partial charge in [-0.1, -0.05) is 31.5 Å². The first-order valence-corrected chi connectivity index (χ1v) is 6.64. The van der Waals surface area contributed by atoms with Crippen LogP contribution in [0.5, 0.6) is 0 Å². The number of benzene rings is 1. The summed E-state index contributed by atoms with van der Waals surface area (Å²) in [6.45, 7) is 6.70. The summed E-state index contributed by atoms with van der Waals surface area (Å²) in [7, 11) is 0. The number of nitrogens with zero attached hydrogens (tertiary/aromatic N) is 1. The molecular formula is C14H18ClNO2. The van der Waals surface area contributed by atoms with Crippen LogP contribution in [0.3, 0.4) is 0 Å². The highest BCUT2D eigenvalue weighted by atomic mass is 35.5. The van der Waals surface area contributed by atoms with Gasteiger partial charge in [0.1, 0.15) is 0 Å². The molecule has 1 aliphatic rings. The smallest absolute Gasteiger partial charge is 0.255 e. The van der Waals surface area contributed by atoms with Crippen LogP contribution in [0.15, 0.2) is 18.2 Å². The maximum absolute atomic E-state index is 12.3. The number of carbonyl (C=O) groups is 1. The van der Waals surface area contributed by atoms with Gasteiger partial charge in [-0.15, -0.1) is 0 Å². The van der Waals surface area contributed by atoms with Gasteiger partial charge in [0.15, 0.2) is 0 Å². The molecule has 0 unspecified atom stereocenters. The van der Waals surface area contributed by atoms with Gasteiger partial charge in [0.25, 0.3) is 5.91 Å². The molecule has 3 nitrogen and oxygen atoms in total. The van der Waals surface area contributed by atoms with E-state index in [4.69, 9.17) is 16.3 Å². The highest BCUT2D eigenvalue weighted by Gasteiger charge is 2.20. The maximum atomic E-state index is 12.3. The Morgan fingerprint density at radius 3 is 2.56 bits per heavy atom. The third-order valence-corrected chi connectivity index (χ3v) is 3.50. The van der Waals surface area contributed by atoms with Crippen molar-refractivity contribution >= 4 is 17.5 Å². The van der Waals surface area contributed by atoms with Crippen LogP contribution in [0.25, 0.3) is 0 Å². The van der Waals surface area contributed by atoms with E-state index in [2.05, 4.69) is 13.8 Å². The van der Waals surface area contributed by atoms with E-state index in [1.807, 2.05) is 18.2 Å². The first-order chi connectivity index (χ1) is 8.59. The minimum atomic E-state index is -0.00129. The molecule has 4 heteroatoms. The van der Waals surface area contributed by atoms with Gasteiger partial charge in [0, 0.05) is 13.1 Å². The average molecular weight is 268 g/mol. The van der Waals surface area contributed by atoms with Gasteiger partial charge < -0.3 is 9.64 Å². The fourth-order valence-electron chi connectivity index (χ4n) is 2.00. The Balaban J connectivity index is 2.19. The molecule has 1 aromatic carbocycles. The highest BCUT2D eigenvalue weighted by molar-refractivity contribution is 6.33. The highest BCUT2D eigenvalue weighted by Crippen LogP contribution is 2.24. The van der Waals surface area contributed by atoms with E-state index in [9.17, 15) is 4.79 Å². The Morgan fingerprint density at radius 2 is 2.00 bits per heavy atom. The molecule has 1 aliphatic heterocycles. The number of carbonyl (C=O) groups excluding carboxylic acids is 1. The van der Waals surface area contributed by atoms with Gasteiger partial charge >= 0.3 is 0 Å². The van der Waals surface area contributed by atoms with Crippen LogP contribution in [0.1, 0.15) is 35.7 Å². The minimum Gasteiger partial charge on any atom is -0.378 e. The van der Waals surface area contributed by atoms with Gasteiger partial charge in [-0.2, -0.15) is 0 Å². The molecule has 1 fully saturated rings. The Hall–Kier alpha value is -1.06. The molecule has 1 saturated heterocycles. The molecule has 0 atom stereocenters. The first-order valence-electron chi connectivity index (χ1n) is 6.26. The van der Waals surface area contributed by atoms with Crippen molar-refractivity contribution in [2.75, 3.05) is 26.3 Å². The molecule has 18 heavy (non-hydrogen) atoms.